The van der Waals surface area contributed by atoms with E-state index in [4.69, 9.17) is 0 Å². The summed E-state index contributed by atoms with van der Waals surface area (Å²) >= 11 is 0. The highest BCUT2D eigenvalue weighted by molar-refractivity contribution is 6.99. The lowest BCUT2D eigenvalue weighted by atomic mass is 9.95. The number of para-hydroxylation sites is 4. The van der Waals surface area contributed by atoms with Gasteiger partial charge < -0.3 is 9.80 Å². The third-order valence-corrected chi connectivity index (χ3v) is 21.7. The van der Waals surface area contributed by atoms with Crippen LogP contribution < -0.4 is 9.80 Å². The summed E-state index contributed by atoms with van der Waals surface area (Å²) in [4.78, 5) is 4.98. The van der Waals surface area contributed by atoms with Gasteiger partial charge in [0.25, 0.3) is 0 Å². The maximum atomic E-state index is 2.63. The lowest BCUT2D eigenvalue weighted by molar-refractivity contribution is 0.951. The fraction of sp³-hybridized carbons (Fsp3) is 0.184. The molecule has 0 saturated carbocycles. The Labute approximate surface area is 318 Å². The Balaban J connectivity index is 1.48. The Morgan fingerprint density at radius 1 is 0.396 bits per heavy atom. The minimum absolute atomic E-state index is 0.0678. The second-order valence-corrected chi connectivity index (χ2v) is 27.8. The van der Waals surface area contributed by atoms with Crippen LogP contribution in [0.25, 0.3) is 21.9 Å². The monoisotopic (exact) mass is 722 g/mol. The first-order valence-corrected chi connectivity index (χ1v) is 26.0. The van der Waals surface area contributed by atoms with Gasteiger partial charge in [0.15, 0.2) is 0 Å². The Morgan fingerprint density at radius 2 is 0.868 bits per heavy atom. The van der Waals surface area contributed by atoms with Crippen molar-refractivity contribution in [2.24, 2.45) is 0 Å². The van der Waals surface area contributed by atoms with Crippen molar-refractivity contribution in [1.29, 1.82) is 0 Å². The van der Waals surface area contributed by atoms with Crippen LogP contribution in [0.3, 0.4) is 0 Å². The number of hydrogen-bond acceptors (Lipinski definition) is 2. The predicted octanol–water partition coefficient (Wildman–Crippen LogP) is 14.4. The van der Waals surface area contributed by atoms with Crippen molar-refractivity contribution in [2.75, 3.05) is 9.80 Å². The fourth-order valence-electron chi connectivity index (χ4n) is 9.83. The average molecular weight is 723 g/mol. The van der Waals surface area contributed by atoms with Gasteiger partial charge in [-0.05, 0) is 107 Å². The molecule has 1 aliphatic carbocycles. The molecule has 0 unspecified atom stereocenters. The van der Waals surface area contributed by atoms with Gasteiger partial charge in [-0.1, -0.05) is 142 Å². The van der Waals surface area contributed by atoms with Gasteiger partial charge in [0.1, 0.15) is 0 Å². The van der Waals surface area contributed by atoms with Gasteiger partial charge in [0.05, 0.1) is 21.8 Å². The molecule has 0 amide bonds. The van der Waals surface area contributed by atoms with Crippen LogP contribution in [0.4, 0.5) is 34.1 Å². The molecule has 0 radical (unpaired) electrons. The number of aryl methyl sites for hydroxylation is 2. The standard InChI is InChI=1S/C49H50N2Si2/c1-35-21-15-19-29-45(35)50(37-23-11-9-12-24-37)39-31-32-42-43(33-39)49(52(3,4)5,53(6,7)8)44-34-47(40-27-17-18-28-41(40)48(42)44)51(38-25-13-10-14-26-38)46-30-20-16-22-36(46)2/h9-34H,1-8H3. The lowest BCUT2D eigenvalue weighted by Crippen LogP contribution is -2.63. The molecule has 0 spiro atoms. The zero-order valence-corrected chi connectivity index (χ0v) is 34.4. The van der Waals surface area contributed by atoms with E-state index in [1.54, 1.807) is 0 Å². The molecule has 4 heteroatoms. The van der Waals surface area contributed by atoms with Crippen LogP contribution in [0.5, 0.6) is 0 Å². The number of benzene rings is 7. The third kappa shape index (κ3) is 5.50. The molecule has 264 valence electrons. The zero-order valence-electron chi connectivity index (χ0n) is 32.4. The Hall–Kier alpha value is -5.17. The lowest BCUT2D eigenvalue weighted by Gasteiger charge is -2.51. The summed E-state index contributed by atoms with van der Waals surface area (Å²) in [6.07, 6.45) is 0. The van der Waals surface area contributed by atoms with Gasteiger partial charge >= 0.3 is 0 Å². The second kappa shape index (κ2) is 13.0. The Bertz CT molecular complexity index is 2440. The first kappa shape index (κ1) is 34.9. The van der Waals surface area contributed by atoms with Gasteiger partial charge in [0.2, 0.25) is 0 Å². The van der Waals surface area contributed by atoms with Crippen molar-refractivity contribution >= 4 is 61.0 Å². The van der Waals surface area contributed by atoms with Crippen LogP contribution in [-0.2, 0) is 4.66 Å². The summed E-state index contributed by atoms with van der Waals surface area (Å²) in [6, 6.07) is 58.7. The first-order valence-electron chi connectivity index (χ1n) is 19.0. The molecule has 2 nitrogen and oxygen atoms in total. The Kier molecular flexibility index (Phi) is 8.59. The molecule has 0 atom stereocenters. The van der Waals surface area contributed by atoms with Gasteiger partial charge in [-0.25, -0.2) is 0 Å². The highest BCUT2D eigenvalue weighted by Crippen LogP contribution is 2.62. The first-order chi connectivity index (χ1) is 25.4. The molecule has 7 aromatic rings. The highest BCUT2D eigenvalue weighted by Gasteiger charge is 2.59. The predicted molar refractivity (Wildman–Crippen MR) is 236 cm³/mol. The van der Waals surface area contributed by atoms with Gasteiger partial charge in [0, 0.05) is 38.5 Å². The van der Waals surface area contributed by atoms with Crippen molar-refractivity contribution in [3.8, 4) is 11.1 Å². The maximum Gasteiger partial charge on any atom is 0.0579 e. The highest BCUT2D eigenvalue weighted by atomic mass is 28.4. The minimum atomic E-state index is -2.03. The minimum Gasteiger partial charge on any atom is -0.310 e. The number of rotatable bonds is 8. The largest absolute Gasteiger partial charge is 0.310 e. The topological polar surface area (TPSA) is 6.48 Å². The fourth-order valence-corrected chi connectivity index (χ4v) is 22.9. The molecule has 0 heterocycles. The molecular weight excluding hydrogens is 673 g/mol. The summed E-state index contributed by atoms with van der Waals surface area (Å²) in [7, 11) is -4.06. The Morgan fingerprint density at radius 3 is 1.42 bits per heavy atom. The van der Waals surface area contributed by atoms with Crippen LogP contribution in [-0.4, -0.2) is 16.1 Å². The van der Waals surface area contributed by atoms with Gasteiger partial charge in [-0.15, -0.1) is 0 Å². The van der Waals surface area contributed by atoms with E-state index in [0.29, 0.717) is 0 Å². The van der Waals surface area contributed by atoms with Crippen LogP contribution >= 0.6 is 0 Å². The molecule has 53 heavy (non-hydrogen) atoms. The van der Waals surface area contributed by atoms with Crippen LogP contribution in [0.15, 0.2) is 158 Å². The smallest absolute Gasteiger partial charge is 0.0579 e. The number of anilines is 6. The molecular formula is C49H50N2Si2. The summed E-state index contributed by atoms with van der Waals surface area (Å²) in [6.45, 7) is 20.2. The molecule has 0 bridgehead atoms. The zero-order chi connectivity index (χ0) is 37.1. The van der Waals surface area contributed by atoms with Gasteiger partial charge in [-0.2, -0.15) is 0 Å². The van der Waals surface area contributed by atoms with Gasteiger partial charge in [-0.3, -0.25) is 0 Å². The normalized spacial score (nSPS) is 13.4. The van der Waals surface area contributed by atoms with Crippen molar-refractivity contribution in [2.45, 2.75) is 57.8 Å². The maximum absolute atomic E-state index is 2.63. The quantitative estimate of drug-likeness (QED) is 0.144. The van der Waals surface area contributed by atoms with E-state index >= 15 is 0 Å². The molecule has 8 rings (SSSR count). The molecule has 0 N–H and O–H groups in total. The summed E-state index contributed by atoms with van der Waals surface area (Å²) in [5.74, 6) is 0. The molecule has 1 aliphatic rings. The van der Waals surface area contributed by atoms with E-state index in [1.807, 2.05) is 0 Å². The second-order valence-electron chi connectivity index (χ2n) is 16.8. The van der Waals surface area contributed by atoms with Crippen LogP contribution in [0, 0.1) is 13.8 Å². The van der Waals surface area contributed by atoms with E-state index in [0.717, 1.165) is 0 Å². The number of fused-ring (bicyclic) bond motifs is 5. The molecule has 0 saturated heterocycles. The average Bonchev–Trinajstić information content (AvgIpc) is 3.46. The van der Waals surface area contributed by atoms with Crippen molar-refractivity contribution in [3.63, 3.8) is 0 Å². The molecule has 7 aromatic carbocycles. The van der Waals surface area contributed by atoms with Crippen LogP contribution in [0.2, 0.25) is 39.3 Å². The summed E-state index contributed by atoms with van der Waals surface area (Å²) in [5.41, 5.74) is 15.6. The number of hydrogen-bond donors (Lipinski definition) is 0. The molecule has 0 aliphatic heterocycles. The molecule has 0 aromatic heterocycles. The van der Waals surface area contributed by atoms with E-state index in [1.165, 1.54) is 78.3 Å². The van der Waals surface area contributed by atoms with Crippen molar-refractivity contribution < 1.29 is 0 Å². The van der Waals surface area contributed by atoms with E-state index in [9.17, 15) is 0 Å². The van der Waals surface area contributed by atoms with Crippen molar-refractivity contribution in [3.05, 3.63) is 180 Å². The summed E-state index contributed by atoms with van der Waals surface area (Å²) < 4.78 is -0.0678. The van der Waals surface area contributed by atoms with E-state index in [2.05, 4.69) is 221 Å². The number of nitrogens with zero attached hydrogens (tertiary/aromatic N) is 2. The SMILES string of the molecule is Cc1ccccc1N(c1ccccc1)c1ccc2c(c1)C([Si](C)(C)C)([Si](C)(C)C)c1cc(N(c3ccccc3)c3ccccc3C)c3ccccc3c1-2. The van der Waals surface area contributed by atoms with E-state index < -0.39 is 16.1 Å². The van der Waals surface area contributed by atoms with Crippen LogP contribution in [0.1, 0.15) is 22.3 Å². The summed E-state index contributed by atoms with van der Waals surface area (Å²) in [5, 5.41) is 2.61. The van der Waals surface area contributed by atoms with E-state index in [-0.39, 0.29) is 4.66 Å². The molecule has 0 fully saturated rings. The van der Waals surface area contributed by atoms with Crippen molar-refractivity contribution in [1.82, 2.24) is 0 Å². The third-order valence-electron chi connectivity index (χ3n) is 11.6.